The van der Waals surface area contributed by atoms with Crippen LogP contribution in [-0.4, -0.2) is 79.3 Å². The minimum absolute atomic E-state index is 0.175. The van der Waals surface area contributed by atoms with E-state index in [0.717, 1.165) is 115 Å². The van der Waals surface area contributed by atoms with E-state index in [1.54, 1.807) is 37.2 Å². The lowest BCUT2D eigenvalue weighted by atomic mass is 9.89. The number of aryl methyl sites for hydroxylation is 2. The second-order valence-electron chi connectivity index (χ2n) is 19.6. The number of nitrogens with one attached hydrogen (secondary N) is 5. The van der Waals surface area contributed by atoms with Gasteiger partial charge in [0.05, 0.1) is 11.4 Å². The molecule has 2 aliphatic rings. The SMILES string of the molecule is Cc1ccc(C(=O)Nc2ccc(C3CCCN(CC(C)CCc4ccc(C(=O)Nc5ccc(C6CCCNC6)cc5)cc4Nc4nccc(-c5cccnc5)n4)C3)cc2)cc1Nc1nccc(-c2cccnc2)n1. The van der Waals surface area contributed by atoms with Crippen LogP contribution in [-0.2, 0) is 6.42 Å². The molecule has 0 radical (unpaired) electrons. The molecule has 4 aromatic heterocycles. The van der Waals surface area contributed by atoms with E-state index in [2.05, 4.69) is 93.7 Å². The van der Waals surface area contributed by atoms with Crippen LogP contribution in [0.4, 0.5) is 34.6 Å². The van der Waals surface area contributed by atoms with Gasteiger partial charge < -0.3 is 31.5 Å². The smallest absolute Gasteiger partial charge is 0.255 e. The Kier molecular flexibility index (Phi) is 15.7. The molecule has 3 unspecified atom stereocenters. The van der Waals surface area contributed by atoms with Crippen LogP contribution in [0.1, 0.15) is 93.8 Å². The van der Waals surface area contributed by atoms with Crippen molar-refractivity contribution in [2.45, 2.75) is 64.2 Å². The highest BCUT2D eigenvalue weighted by Crippen LogP contribution is 2.31. The van der Waals surface area contributed by atoms with Gasteiger partial charge in [-0.1, -0.05) is 43.3 Å². The van der Waals surface area contributed by atoms with E-state index >= 15 is 0 Å². The lowest BCUT2D eigenvalue weighted by Gasteiger charge is -2.34. The van der Waals surface area contributed by atoms with E-state index in [0.29, 0.717) is 40.8 Å². The van der Waals surface area contributed by atoms with Crippen molar-refractivity contribution in [3.63, 3.8) is 0 Å². The Hall–Kier alpha value is -8.20. The first-order valence-corrected chi connectivity index (χ1v) is 25.8. The third-order valence-corrected chi connectivity index (χ3v) is 14.1. The molecule has 2 fully saturated rings. The van der Waals surface area contributed by atoms with Crippen molar-refractivity contribution in [2.75, 3.05) is 54.0 Å². The summed E-state index contributed by atoms with van der Waals surface area (Å²) < 4.78 is 0. The molecule has 2 aliphatic heterocycles. The standard InChI is InChI=1S/C60H62N12O2/c1-40(11-13-44-15-16-46(58(74)67-51-21-17-42(18-22-51)47-7-3-27-61-35-47)34-56(44)71-60-65-31-26-54(69-60)49-9-5-29-63-37-49)38-72-32-6-10-50(39-72)43-19-23-52(24-20-43)66-57(73)45-14-12-41(2)55(33-45)70-59-64-30-25-53(68-59)48-8-4-28-62-36-48/h4-5,8-9,12,14-26,28-31,33-34,36-37,40,47,50,61H,3,6-7,10-11,13,27,32,35,38-39H2,1-2H3,(H,66,73)(H,67,74)(H,64,68,70)(H,65,69,71). The van der Waals surface area contributed by atoms with E-state index in [1.165, 1.54) is 24.0 Å². The van der Waals surface area contributed by atoms with E-state index in [1.807, 2.05) is 97.9 Å². The van der Waals surface area contributed by atoms with Crippen molar-refractivity contribution in [3.05, 3.63) is 192 Å². The maximum Gasteiger partial charge on any atom is 0.255 e. The number of nitrogens with zero attached hydrogens (tertiary/aromatic N) is 7. The summed E-state index contributed by atoms with van der Waals surface area (Å²) in [5.41, 5.74) is 12.1. The van der Waals surface area contributed by atoms with Crippen LogP contribution in [0.25, 0.3) is 22.5 Å². The van der Waals surface area contributed by atoms with Crippen molar-refractivity contribution in [3.8, 4) is 22.5 Å². The van der Waals surface area contributed by atoms with Gasteiger partial charge in [0.25, 0.3) is 11.8 Å². The molecule has 0 spiro atoms. The second-order valence-corrected chi connectivity index (χ2v) is 19.6. The summed E-state index contributed by atoms with van der Waals surface area (Å²) in [6.45, 7) is 9.39. The average Bonchev–Trinajstić information content (AvgIpc) is 3.44. The third-order valence-electron chi connectivity index (χ3n) is 14.1. The number of amides is 2. The maximum absolute atomic E-state index is 13.8. The zero-order valence-corrected chi connectivity index (χ0v) is 42.0. The molecule has 8 aromatic rings. The van der Waals surface area contributed by atoms with Gasteiger partial charge in [-0.3, -0.25) is 19.6 Å². The van der Waals surface area contributed by atoms with Gasteiger partial charge in [-0.05, 0) is 183 Å². The summed E-state index contributed by atoms with van der Waals surface area (Å²) in [6, 6.07) is 39.5. The van der Waals surface area contributed by atoms with Gasteiger partial charge in [0.15, 0.2) is 0 Å². The molecule has 0 saturated carbocycles. The Morgan fingerprint density at radius 1 is 0.662 bits per heavy atom. The Labute approximate surface area is 433 Å². The summed E-state index contributed by atoms with van der Waals surface area (Å²) in [7, 11) is 0. The van der Waals surface area contributed by atoms with Crippen LogP contribution < -0.4 is 26.6 Å². The molecule has 0 bridgehead atoms. The Bertz CT molecular complexity index is 3170. The lowest BCUT2D eigenvalue weighted by Crippen LogP contribution is -2.37. The molecular formula is C60H62N12O2. The maximum atomic E-state index is 13.8. The summed E-state index contributed by atoms with van der Waals surface area (Å²) in [6.07, 6.45) is 16.8. The number of piperidine rings is 2. The minimum atomic E-state index is -0.194. The highest BCUT2D eigenvalue weighted by molar-refractivity contribution is 6.05. The number of benzene rings is 4. The molecule has 2 amide bonds. The van der Waals surface area contributed by atoms with Crippen LogP contribution in [0.3, 0.4) is 0 Å². The number of aromatic nitrogens is 6. The number of carbonyl (C=O) groups is 2. The van der Waals surface area contributed by atoms with Gasteiger partial charge in [-0.15, -0.1) is 0 Å². The highest BCUT2D eigenvalue weighted by Gasteiger charge is 2.24. The molecule has 2 saturated heterocycles. The molecule has 5 N–H and O–H groups in total. The lowest BCUT2D eigenvalue weighted by molar-refractivity contribution is 0.101. The molecule has 14 heteroatoms. The summed E-state index contributed by atoms with van der Waals surface area (Å²) in [5.74, 6) is 1.83. The van der Waals surface area contributed by atoms with Crippen molar-refractivity contribution in [1.29, 1.82) is 0 Å². The van der Waals surface area contributed by atoms with Gasteiger partial charge in [0.2, 0.25) is 11.9 Å². The minimum Gasteiger partial charge on any atom is -0.324 e. The van der Waals surface area contributed by atoms with Gasteiger partial charge >= 0.3 is 0 Å². The molecule has 3 atom stereocenters. The largest absolute Gasteiger partial charge is 0.324 e. The molecule has 10 rings (SSSR count). The summed E-state index contributed by atoms with van der Waals surface area (Å²) in [4.78, 5) is 56.9. The van der Waals surface area contributed by atoms with Crippen LogP contribution >= 0.6 is 0 Å². The van der Waals surface area contributed by atoms with Crippen molar-refractivity contribution in [2.24, 2.45) is 5.92 Å². The molecule has 4 aromatic carbocycles. The predicted molar refractivity (Wildman–Crippen MR) is 294 cm³/mol. The first kappa shape index (κ1) is 49.4. The topological polar surface area (TPSA) is 175 Å². The number of hydrogen-bond acceptors (Lipinski definition) is 12. The third kappa shape index (κ3) is 12.7. The predicted octanol–water partition coefficient (Wildman–Crippen LogP) is 11.6. The van der Waals surface area contributed by atoms with Gasteiger partial charge in [0.1, 0.15) is 0 Å². The number of pyridine rings is 2. The van der Waals surface area contributed by atoms with E-state index in [-0.39, 0.29) is 11.8 Å². The fourth-order valence-electron chi connectivity index (χ4n) is 10.0. The normalized spacial score (nSPS) is 16.2. The monoisotopic (exact) mass is 983 g/mol. The van der Waals surface area contributed by atoms with Crippen LogP contribution in [0.5, 0.6) is 0 Å². The zero-order chi connectivity index (χ0) is 50.6. The fraction of sp³-hybridized carbons (Fsp3) is 0.267. The number of carbonyl (C=O) groups excluding carboxylic acids is 2. The molecule has 0 aliphatic carbocycles. The Morgan fingerprint density at radius 3 is 1.84 bits per heavy atom. The van der Waals surface area contributed by atoms with Crippen molar-refractivity contribution < 1.29 is 9.59 Å². The molecule has 74 heavy (non-hydrogen) atoms. The van der Waals surface area contributed by atoms with E-state index < -0.39 is 0 Å². The summed E-state index contributed by atoms with van der Waals surface area (Å²) >= 11 is 0. The number of likely N-dealkylation sites (tertiary alicyclic amines) is 1. The quantitative estimate of drug-likeness (QED) is 0.0585. The van der Waals surface area contributed by atoms with Crippen molar-refractivity contribution in [1.82, 2.24) is 40.1 Å². The first-order chi connectivity index (χ1) is 36.3. The number of hydrogen-bond donors (Lipinski definition) is 5. The highest BCUT2D eigenvalue weighted by atomic mass is 16.2. The van der Waals surface area contributed by atoms with E-state index in [9.17, 15) is 9.59 Å². The van der Waals surface area contributed by atoms with Crippen LogP contribution in [0.15, 0.2) is 159 Å². The Morgan fingerprint density at radius 2 is 1.24 bits per heavy atom. The molecule has 14 nitrogen and oxygen atoms in total. The van der Waals surface area contributed by atoms with Gasteiger partial charge in [-0.25, -0.2) is 19.9 Å². The van der Waals surface area contributed by atoms with Crippen LogP contribution in [0, 0.1) is 12.8 Å². The van der Waals surface area contributed by atoms with Gasteiger partial charge in [0, 0.05) is 102 Å². The number of rotatable bonds is 17. The second kappa shape index (κ2) is 23.6. The Balaban J connectivity index is 0.755. The van der Waals surface area contributed by atoms with Crippen LogP contribution in [0.2, 0.25) is 0 Å². The van der Waals surface area contributed by atoms with Crippen molar-refractivity contribution >= 4 is 46.5 Å². The average molecular weight is 983 g/mol. The van der Waals surface area contributed by atoms with E-state index in [4.69, 9.17) is 4.98 Å². The molecule has 374 valence electrons. The molecular weight excluding hydrogens is 921 g/mol. The number of anilines is 6. The first-order valence-electron chi connectivity index (χ1n) is 25.8. The zero-order valence-electron chi connectivity index (χ0n) is 42.0. The molecule has 6 heterocycles. The van der Waals surface area contributed by atoms with Gasteiger partial charge in [-0.2, -0.15) is 0 Å². The fourth-order valence-corrected chi connectivity index (χ4v) is 10.0. The summed E-state index contributed by atoms with van der Waals surface area (Å²) in [5, 5.41) is 16.5.